The number of piperidine rings is 1. The number of ether oxygens (including phenoxy) is 1. The van der Waals surface area contributed by atoms with E-state index in [-0.39, 0.29) is 11.8 Å². The van der Waals surface area contributed by atoms with E-state index in [1.807, 2.05) is 19.4 Å². The fourth-order valence-electron chi connectivity index (χ4n) is 5.68. The molecule has 36 heavy (non-hydrogen) atoms. The first kappa shape index (κ1) is 23.0. The predicted octanol–water partition coefficient (Wildman–Crippen LogP) is 1.98. The highest BCUT2D eigenvalue weighted by molar-refractivity contribution is 5.63. The minimum Gasteiger partial charge on any atom is -0.493 e. The molecule has 2 N–H and O–H groups in total. The lowest BCUT2D eigenvalue weighted by molar-refractivity contribution is -0.717. The number of aliphatic hydroxyl groups excluding tert-OH is 1. The fraction of sp³-hybridized carbons (Fsp3) is 0.414. The van der Waals surface area contributed by atoms with Gasteiger partial charge in [0.05, 0.1) is 17.7 Å². The largest absolute Gasteiger partial charge is 0.493 e. The van der Waals surface area contributed by atoms with Crippen molar-refractivity contribution in [2.45, 2.75) is 38.5 Å². The van der Waals surface area contributed by atoms with E-state index >= 15 is 0 Å². The normalized spacial score (nSPS) is 21.7. The number of nitrogens with one attached hydrogen (secondary N) is 1. The van der Waals surface area contributed by atoms with Gasteiger partial charge in [0, 0.05) is 37.5 Å². The second-order valence-electron chi connectivity index (χ2n) is 10.1. The van der Waals surface area contributed by atoms with Gasteiger partial charge in [-0.05, 0) is 72.1 Å². The summed E-state index contributed by atoms with van der Waals surface area (Å²) in [5.74, 6) is 1.16. The summed E-state index contributed by atoms with van der Waals surface area (Å²) >= 11 is 0. The number of benzene rings is 1. The Labute approximate surface area is 211 Å². The van der Waals surface area contributed by atoms with Crippen molar-refractivity contribution in [3.05, 3.63) is 69.3 Å². The van der Waals surface area contributed by atoms with Crippen LogP contribution in [0.25, 0.3) is 28.3 Å². The van der Waals surface area contributed by atoms with Crippen LogP contribution in [0.3, 0.4) is 0 Å². The molecule has 1 fully saturated rings. The first-order valence-electron chi connectivity index (χ1n) is 12.9. The van der Waals surface area contributed by atoms with Crippen LogP contribution in [-0.4, -0.2) is 46.0 Å². The maximum atomic E-state index is 11.0. The van der Waals surface area contributed by atoms with Crippen molar-refractivity contribution in [1.82, 2.24) is 15.0 Å². The van der Waals surface area contributed by atoms with E-state index in [9.17, 15) is 5.11 Å². The first-order chi connectivity index (χ1) is 17.6. The standard InChI is InChI=1S/C29H33N5O2/c1-33-28(23-5-7-27-22(15-23)10-14-36-27)25-16-24(4-6-26(25)32-33)29(35)31-17-21-3-2-13-34(19-21)18-20-8-11-30-12-9-20/h5-9,11-12,15-16,21,24,29,32,35H,2-4,10,13-14,18-19H2,1H3/q+2. The van der Waals surface area contributed by atoms with Gasteiger partial charge in [-0.3, -0.25) is 9.88 Å². The molecule has 3 aliphatic rings. The Morgan fingerprint density at radius 3 is 3.08 bits per heavy atom. The highest BCUT2D eigenvalue weighted by Crippen LogP contribution is 2.28. The maximum absolute atomic E-state index is 11.0. The van der Waals surface area contributed by atoms with Crippen LogP contribution < -0.4 is 20.0 Å². The summed E-state index contributed by atoms with van der Waals surface area (Å²) in [6.07, 6.45) is 11.1. The van der Waals surface area contributed by atoms with Crippen molar-refractivity contribution in [3.63, 3.8) is 0 Å². The van der Waals surface area contributed by atoms with Crippen LogP contribution in [0.1, 0.15) is 30.4 Å². The number of fused-ring (bicyclic) bond motifs is 2. The molecular formula is C29H33N5O2+2. The Kier molecular flexibility index (Phi) is 6.30. The zero-order valence-corrected chi connectivity index (χ0v) is 20.7. The predicted molar refractivity (Wildman–Crippen MR) is 138 cm³/mol. The number of hydrogen-bond acceptors (Lipinski definition) is 4. The molecule has 3 unspecified atom stereocenters. The monoisotopic (exact) mass is 483 g/mol. The van der Waals surface area contributed by atoms with Gasteiger partial charge >= 0.3 is 6.23 Å². The van der Waals surface area contributed by atoms with E-state index in [2.05, 4.69) is 73.1 Å². The molecule has 2 aliphatic heterocycles. The molecule has 0 spiro atoms. The van der Waals surface area contributed by atoms with Crippen LogP contribution in [0.2, 0.25) is 0 Å². The second kappa shape index (κ2) is 9.88. The fourth-order valence-corrected chi connectivity index (χ4v) is 5.68. The summed E-state index contributed by atoms with van der Waals surface area (Å²) < 4.78 is 7.76. The van der Waals surface area contributed by atoms with Gasteiger partial charge in [-0.2, -0.15) is 5.10 Å². The van der Waals surface area contributed by atoms with Gasteiger partial charge in [-0.1, -0.05) is 12.2 Å². The quantitative estimate of drug-likeness (QED) is 0.557. The van der Waals surface area contributed by atoms with Crippen molar-refractivity contribution in [3.8, 4) is 23.1 Å². The SMILES string of the molecule is C[n+]1[nH]c2c(c1-c1ccc3c(c1)CCO3)=CC(C(O)[N+]#CC1CCCN(Cc3ccncc3)C1)CC=2. The van der Waals surface area contributed by atoms with Gasteiger partial charge in [0.15, 0.2) is 7.05 Å². The number of aromatic nitrogens is 3. The van der Waals surface area contributed by atoms with E-state index in [1.165, 1.54) is 11.1 Å². The smallest absolute Gasteiger partial charge is 0.380 e. The number of H-pyrrole nitrogens is 1. The summed E-state index contributed by atoms with van der Waals surface area (Å²) in [4.78, 5) is 11.1. The van der Waals surface area contributed by atoms with Crippen molar-refractivity contribution in [1.29, 1.82) is 0 Å². The lowest BCUT2D eigenvalue weighted by Gasteiger charge is -2.28. The van der Waals surface area contributed by atoms with Crippen LogP contribution in [0.15, 0.2) is 42.7 Å². The molecule has 184 valence electrons. The Morgan fingerprint density at radius 1 is 1.31 bits per heavy atom. The number of rotatable bonds is 4. The summed E-state index contributed by atoms with van der Waals surface area (Å²) in [6.45, 7) is 3.67. The molecule has 0 radical (unpaired) electrons. The molecule has 0 saturated carbocycles. The first-order valence-corrected chi connectivity index (χ1v) is 12.9. The molecule has 1 aromatic carbocycles. The Hall–Kier alpha value is -3.47. The summed E-state index contributed by atoms with van der Waals surface area (Å²) in [7, 11) is 2.04. The molecule has 6 rings (SSSR count). The number of pyridine rings is 1. The van der Waals surface area contributed by atoms with Gasteiger partial charge in [-0.15, -0.1) is 4.68 Å². The number of hydrogen-bond donors (Lipinski definition) is 2. The van der Waals surface area contributed by atoms with Crippen LogP contribution in [0.5, 0.6) is 5.75 Å². The molecule has 1 aliphatic carbocycles. The average Bonchev–Trinajstić information content (AvgIpc) is 3.50. The molecule has 3 aromatic rings. The zero-order valence-electron chi connectivity index (χ0n) is 20.7. The molecule has 2 aromatic heterocycles. The van der Waals surface area contributed by atoms with Crippen molar-refractivity contribution >= 4 is 12.2 Å². The molecular weight excluding hydrogens is 450 g/mol. The van der Waals surface area contributed by atoms with Gasteiger partial charge in [0.25, 0.3) is 6.07 Å². The van der Waals surface area contributed by atoms with E-state index in [1.54, 1.807) is 0 Å². The Bertz CT molecular complexity index is 1440. The molecule has 1 saturated heterocycles. The van der Waals surface area contributed by atoms with E-state index in [0.717, 1.165) is 79.5 Å². The minimum atomic E-state index is -0.800. The molecule has 7 heteroatoms. The van der Waals surface area contributed by atoms with Crippen LogP contribution in [0, 0.1) is 17.9 Å². The van der Waals surface area contributed by atoms with Gasteiger partial charge in [-0.25, -0.2) is 0 Å². The number of nitrogens with zero attached hydrogens (tertiary/aromatic N) is 4. The van der Waals surface area contributed by atoms with E-state index in [4.69, 9.17) is 4.74 Å². The molecule has 0 bridgehead atoms. The Morgan fingerprint density at radius 2 is 2.19 bits per heavy atom. The number of aryl methyl sites for hydroxylation is 1. The molecule has 4 heterocycles. The average molecular weight is 484 g/mol. The van der Waals surface area contributed by atoms with Gasteiger partial charge < -0.3 is 9.84 Å². The summed E-state index contributed by atoms with van der Waals surface area (Å²) in [5.41, 5.74) is 4.81. The van der Waals surface area contributed by atoms with Crippen LogP contribution in [-0.2, 0) is 20.0 Å². The molecule has 0 amide bonds. The zero-order chi connectivity index (χ0) is 24.5. The van der Waals surface area contributed by atoms with Crippen molar-refractivity contribution in [2.24, 2.45) is 18.9 Å². The maximum Gasteiger partial charge on any atom is 0.380 e. The van der Waals surface area contributed by atoms with E-state index < -0.39 is 6.23 Å². The topological polar surface area (TPSA) is 69.6 Å². The van der Waals surface area contributed by atoms with Crippen LogP contribution in [0.4, 0.5) is 0 Å². The number of likely N-dealkylation sites (tertiary alicyclic amines) is 1. The highest BCUT2D eigenvalue weighted by Gasteiger charge is 2.30. The number of aromatic amines is 1. The van der Waals surface area contributed by atoms with Gasteiger partial charge in [0.1, 0.15) is 17.0 Å². The van der Waals surface area contributed by atoms with E-state index in [0.29, 0.717) is 0 Å². The van der Waals surface area contributed by atoms with Crippen molar-refractivity contribution < 1.29 is 14.5 Å². The minimum absolute atomic E-state index is 0.0752. The van der Waals surface area contributed by atoms with Gasteiger partial charge in [0.2, 0.25) is 5.69 Å². The summed E-state index contributed by atoms with van der Waals surface area (Å²) in [5, 5.41) is 16.7. The Balaban J connectivity index is 1.19. The lowest BCUT2D eigenvalue weighted by Crippen LogP contribution is -2.34. The van der Waals surface area contributed by atoms with Crippen LogP contribution >= 0.6 is 0 Å². The third kappa shape index (κ3) is 4.67. The summed E-state index contributed by atoms with van der Waals surface area (Å²) in [6, 6.07) is 13.9. The highest BCUT2D eigenvalue weighted by atomic mass is 16.5. The molecule has 3 atom stereocenters. The van der Waals surface area contributed by atoms with Crippen molar-refractivity contribution in [2.75, 3.05) is 19.7 Å². The lowest BCUT2D eigenvalue weighted by atomic mass is 9.95. The second-order valence-corrected chi connectivity index (χ2v) is 10.1. The number of aliphatic hydroxyl groups is 1. The molecule has 7 nitrogen and oxygen atoms in total. The third-order valence-corrected chi connectivity index (χ3v) is 7.54. The third-order valence-electron chi connectivity index (χ3n) is 7.54.